The Kier molecular flexibility index (Phi) is 5.71. The topological polar surface area (TPSA) is 110 Å². The number of rotatable bonds is 5. The Labute approximate surface area is 130 Å². The van der Waals surface area contributed by atoms with Gasteiger partial charge < -0.3 is 10.7 Å². The quantitative estimate of drug-likeness (QED) is 0.426. The zero-order chi connectivity index (χ0) is 15.2. The first-order valence-corrected chi connectivity index (χ1v) is 8.55. The molecule has 9 heteroatoms. The number of nitrogens with zero attached hydrogens (tertiary/aromatic N) is 1. The highest BCUT2D eigenvalue weighted by atomic mass is 32.2. The van der Waals surface area contributed by atoms with Crippen molar-refractivity contribution in [2.24, 2.45) is 5.84 Å². The van der Waals surface area contributed by atoms with Crippen LogP contribution < -0.4 is 16.6 Å². The molecule has 0 spiro atoms. The van der Waals surface area contributed by atoms with Crippen molar-refractivity contribution in [3.8, 4) is 0 Å². The Morgan fingerprint density at radius 2 is 2.29 bits per heavy atom. The largest absolute Gasteiger partial charge is 0.351 e. The molecule has 1 unspecified atom stereocenters. The highest BCUT2D eigenvalue weighted by Gasteiger charge is 2.22. The number of nitro benzene ring substituents is 1. The molecule has 7 nitrogen and oxygen atoms in total. The number of benzene rings is 1. The summed E-state index contributed by atoms with van der Waals surface area (Å²) in [6.07, 6.45) is 0. The van der Waals surface area contributed by atoms with Gasteiger partial charge in [-0.1, -0.05) is 6.07 Å². The summed E-state index contributed by atoms with van der Waals surface area (Å²) in [4.78, 5) is 22.6. The molecule has 1 fully saturated rings. The molecular weight excluding hydrogens is 312 g/mol. The van der Waals surface area contributed by atoms with Gasteiger partial charge in [0, 0.05) is 35.1 Å². The first kappa shape index (κ1) is 15.9. The predicted molar refractivity (Wildman–Crippen MR) is 86.8 cm³/mol. The molecule has 1 heterocycles. The van der Waals surface area contributed by atoms with Crippen LogP contribution in [0, 0.1) is 10.1 Å². The number of hydrazine groups is 1. The van der Waals surface area contributed by atoms with Crippen LogP contribution in [0.25, 0.3) is 0 Å². The molecule has 0 bridgehead atoms. The van der Waals surface area contributed by atoms with Crippen LogP contribution in [0.2, 0.25) is 0 Å². The Morgan fingerprint density at radius 1 is 1.48 bits per heavy atom. The van der Waals surface area contributed by atoms with Crippen molar-refractivity contribution in [1.82, 2.24) is 5.32 Å². The minimum atomic E-state index is -0.570. The van der Waals surface area contributed by atoms with E-state index in [2.05, 4.69) is 10.7 Å². The lowest BCUT2D eigenvalue weighted by Gasteiger charge is -2.21. The third-order valence-corrected chi connectivity index (χ3v) is 5.85. The number of carbonyl (C=O) groups excluding carboxylic acids is 1. The van der Waals surface area contributed by atoms with Crippen LogP contribution in [0.3, 0.4) is 0 Å². The van der Waals surface area contributed by atoms with Crippen LogP contribution in [-0.2, 0) is 0 Å². The maximum Gasteiger partial charge on any atom is 0.294 e. The van der Waals surface area contributed by atoms with Gasteiger partial charge in [-0.05, 0) is 6.07 Å². The second-order valence-electron chi connectivity index (χ2n) is 4.38. The number of nitro groups is 1. The standard InChI is InChI=1S/C12H16N4O3S2/c13-15-11-9(2-1-3-10(11)16(18)19)12(17)14-6-8-7-20-4-5-21-8/h1-3,8,15H,4-7,13H2,(H,14,17). The average Bonchev–Trinajstić information content (AvgIpc) is 2.52. The first-order valence-electron chi connectivity index (χ1n) is 6.35. The zero-order valence-electron chi connectivity index (χ0n) is 11.2. The molecule has 0 aromatic heterocycles. The smallest absolute Gasteiger partial charge is 0.294 e. The summed E-state index contributed by atoms with van der Waals surface area (Å²) in [6, 6.07) is 4.29. The number of nitrogens with one attached hydrogen (secondary N) is 2. The Bertz CT molecular complexity index is 535. The lowest BCUT2D eigenvalue weighted by atomic mass is 10.1. The molecule has 1 atom stereocenters. The highest BCUT2D eigenvalue weighted by molar-refractivity contribution is 8.06. The van der Waals surface area contributed by atoms with E-state index >= 15 is 0 Å². The van der Waals surface area contributed by atoms with Crippen molar-refractivity contribution in [3.05, 3.63) is 33.9 Å². The third-order valence-electron chi connectivity index (χ3n) is 3.00. The Balaban J connectivity index is 2.07. The average molecular weight is 328 g/mol. The zero-order valence-corrected chi connectivity index (χ0v) is 12.8. The maximum atomic E-state index is 12.2. The van der Waals surface area contributed by atoms with Gasteiger partial charge in [0.05, 0.1) is 10.5 Å². The summed E-state index contributed by atoms with van der Waals surface area (Å²) >= 11 is 3.70. The van der Waals surface area contributed by atoms with Crippen LogP contribution in [0.5, 0.6) is 0 Å². The van der Waals surface area contributed by atoms with Crippen molar-refractivity contribution in [2.45, 2.75) is 5.25 Å². The number of anilines is 1. The van der Waals surface area contributed by atoms with Gasteiger partial charge in [0.2, 0.25) is 0 Å². The number of nitrogen functional groups attached to an aromatic ring is 1. The van der Waals surface area contributed by atoms with E-state index in [-0.39, 0.29) is 22.8 Å². The summed E-state index contributed by atoms with van der Waals surface area (Å²) in [6.45, 7) is 0.545. The second-order valence-corrected chi connectivity index (χ2v) is 6.94. The highest BCUT2D eigenvalue weighted by Crippen LogP contribution is 2.27. The molecule has 1 aliphatic heterocycles. The Morgan fingerprint density at radius 3 is 2.90 bits per heavy atom. The van der Waals surface area contributed by atoms with Gasteiger partial charge in [0.15, 0.2) is 0 Å². The molecule has 1 saturated heterocycles. The number of nitrogens with two attached hydrogens (primary N) is 1. The summed E-state index contributed by atoms with van der Waals surface area (Å²) in [5, 5.41) is 14.1. The predicted octanol–water partition coefficient (Wildman–Crippen LogP) is 1.46. The van der Waals surface area contributed by atoms with Gasteiger partial charge in [-0.2, -0.15) is 23.5 Å². The molecule has 1 aliphatic rings. The van der Waals surface area contributed by atoms with Crippen molar-refractivity contribution in [3.63, 3.8) is 0 Å². The summed E-state index contributed by atoms with van der Waals surface area (Å²) in [7, 11) is 0. The summed E-state index contributed by atoms with van der Waals surface area (Å²) < 4.78 is 0. The molecule has 1 aromatic carbocycles. The lowest BCUT2D eigenvalue weighted by molar-refractivity contribution is -0.384. The minimum absolute atomic E-state index is 0.0330. The molecule has 4 N–H and O–H groups in total. The van der Waals surface area contributed by atoms with E-state index < -0.39 is 4.92 Å². The molecule has 0 aliphatic carbocycles. The molecule has 1 aromatic rings. The number of hydrogen-bond donors (Lipinski definition) is 3. The van der Waals surface area contributed by atoms with Gasteiger partial charge in [-0.3, -0.25) is 20.8 Å². The van der Waals surface area contributed by atoms with E-state index in [1.165, 1.54) is 18.2 Å². The monoisotopic (exact) mass is 328 g/mol. The minimum Gasteiger partial charge on any atom is -0.351 e. The molecular formula is C12H16N4O3S2. The van der Waals surface area contributed by atoms with Gasteiger partial charge in [-0.25, -0.2) is 0 Å². The van der Waals surface area contributed by atoms with Crippen LogP contribution in [0.1, 0.15) is 10.4 Å². The molecule has 0 radical (unpaired) electrons. The fourth-order valence-corrected chi connectivity index (χ4v) is 4.60. The third kappa shape index (κ3) is 4.02. The molecule has 0 saturated carbocycles. The number of para-hydroxylation sites is 1. The summed E-state index contributed by atoms with van der Waals surface area (Å²) in [5.74, 6) is 8.19. The second kappa shape index (κ2) is 7.53. The van der Waals surface area contributed by atoms with Gasteiger partial charge in [-0.15, -0.1) is 0 Å². The first-order chi connectivity index (χ1) is 10.1. The van der Waals surface area contributed by atoms with E-state index in [1.54, 1.807) is 0 Å². The number of thioether (sulfide) groups is 2. The lowest BCUT2D eigenvalue weighted by Crippen LogP contribution is -2.34. The van der Waals surface area contributed by atoms with Crippen molar-refractivity contribution in [1.29, 1.82) is 0 Å². The van der Waals surface area contributed by atoms with Gasteiger partial charge >= 0.3 is 0 Å². The molecule has 114 valence electrons. The van der Waals surface area contributed by atoms with Crippen LogP contribution in [-0.4, -0.2) is 39.9 Å². The SMILES string of the molecule is NNc1c(C(=O)NCC2CSCCS2)cccc1[N+](=O)[O-]. The van der Waals surface area contributed by atoms with Gasteiger partial charge in [0.25, 0.3) is 11.6 Å². The van der Waals surface area contributed by atoms with E-state index in [4.69, 9.17) is 5.84 Å². The van der Waals surface area contributed by atoms with Crippen molar-refractivity contribution >= 4 is 40.8 Å². The molecule has 2 rings (SSSR count). The van der Waals surface area contributed by atoms with E-state index in [0.717, 1.165) is 17.3 Å². The normalized spacial score (nSPS) is 18.0. The van der Waals surface area contributed by atoms with E-state index in [9.17, 15) is 14.9 Å². The molecule has 21 heavy (non-hydrogen) atoms. The molecule has 1 amide bonds. The van der Waals surface area contributed by atoms with Crippen molar-refractivity contribution in [2.75, 3.05) is 29.2 Å². The number of carbonyl (C=O) groups is 1. The maximum absolute atomic E-state index is 12.2. The fourth-order valence-electron chi connectivity index (χ4n) is 1.99. The van der Waals surface area contributed by atoms with Crippen LogP contribution in [0.15, 0.2) is 18.2 Å². The van der Waals surface area contributed by atoms with Crippen molar-refractivity contribution < 1.29 is 9.72 Å². The Hall–Kier alpha value is -1.45. The van der Waals surface area contributed by atoms with Gasteiger partial charge in [0.1, 0.15) is 5.69 Å². The van der Waals surface area contributed by atoms with E-state index in [0.29, 0.717) is 11.8 Å². The van der Waals surface area contributed by atoms with Crippen LogP contribution in [0.4, 0.5) is 11.4 Å². The van der Waals surface area contributed by atoms with E-state index in [1.807, 2.05) is 23.5 Å². The number of amides is 1. The number of hydrogen-bond acceptors (Lipinski definition) is 7. The summed E-state index contributed by atoms with van der Waals surface area (Å²) in [5.41, 5.74) is 2.25. The van der Waals surface area contributed by atoms with Crippen LogP contribution >= 0.6 is 23.5 Å². The fraction of sp³-hybridized carbons (Fsp3) is 0.417.